The number of aryl methyl sites for hydroxylation is 3. The van der Waals surface area contributed by atoms with Crippen molar-refractivity contribution in [3.05, 3.63) is 214 Å². The van der Waals surface area contributed by atoms with E-state index in [1.54, 1.807) is 83.6 Å². The van der Waals surface area contributed by atoms with Crippen LogP contribution in [0, 0.1) is 20.8 Å². The highest BCUT2D eigenvalue weighted by Gasteiger charge is 2.40. The van der Waals surface area contributed by atoms with Crippen molar-refractivity contribution in [3.8, 4) is 17.2 Å². The van der Waals surface area contributed by atoms with Crippen LogP contribution in [0.3, 0.4) is 0 Å². The van der Waals surface area contributed by atoms with E-state index in [4.69, 9.17) is 33.2 Å². The molecule has 3 atom stereocenters. The minimum Gasteiger partial charge on any atom is -0.507 e. The number of phenols is 3. The second-order valence-electron chi connectivity index (χ2n) is 26.5. The zero-order valence-electron chi connectivity index (χ0n) is 60.3. The van der Waals surface area contributed by atoms with Crippen molar-refractivity contribution in [1.29, 1.82) is 0 Å². The predicted molar refractivity (Wildman–Crippen MR) is 398 cm³/mol. The number of nitrogens with two attached hydrogens (primary N) is 1. The molecule has 3 amide bonds. The Labute approximate surface area is 614 Å². The summed E-state index contributed by atoms with van der Waals surface area (Å²) in [5, 5.41) is 50.0. The maximum absolute atomic E-state index is 13.1. The van der Waals surface area contributed by atoms with Crippen molar-refractivity contribution in [2.45, 2.75) is 59.7 Å². The summed E-state index contributed by atoms with van der Waals surface area (Å²) in [4.78, 5) is 99.4. The zero-order chi connectivity index (χ0) is 75.5. The van der Waals surface area contributed by atoms with Crippen molar-refractivity contribution in [2.24, 2.45) is 5.73 Å². The topological polar surface area (TPSA) is 335 Å². The summed E-state index contributed by atoms with van der Waals surface area (Å²) in [5.41, 5.74) is 12.0. The highest BCUT2D eigenvalue weighted by atomic mass is 16.6. The Morgan fingerprint density at radius 2 is 0.673 bits per heavy atom. The van der Waals surface area contributed by atoms with Crippen molar-refractivity contribution < 1.29 is 76.7 Å². The van der Waals surface area contributed by atoms with Gasteiger partial charge >= 0.3 is 17.9 Å². The summed E-state index contributed by atoms with van der Waals surface area (Å²) in [7, 11) is 1.34. The number of rotatable bonds is 14. The first-order chi connectivity index (χ1) is 51.8. The third-order valence-corrected chi connectivity index (χ3v) is 20.6. The summed E-state index contributed by atoms with van der Waals surface area (Å²) in [6.45, 7) is 15.6. The third kappa shape index (κ3) is 14.0. The number of aromatic hydroxyl groups is 3. The molecule has 3 unspecified atom stereocenters. The summed E-state index contributed by atoms with van der Waals surface area (Å²) in [6, 6.07) is 32.2. The molecule has 26 heteroatoms. The first-order valence-electron chi connectivity index (χ1n) is 35.2. The van der Waals surface area contributed by atoms with Gasteiger partial charge in [-0.2, -0.15) is 0 Å². The second-order valence-corrected chi connectivity index (χ2v) is 26.5. The van der Waals surface area contributed by atoms with Gasteiger partial charge in [0.25, 0.3) is 0 Å². The van der Waals surface area contributed by atoms with Gasteiger partial charge in [0.15, 0.2) is 6.79 Å². The second kappa shape index (κ2) is 31.5. The van der Waals surface area contributed by atoms with Gasteiger partial charge in [-0.15, -0.1) is 0 Å². The van der Waals surface area contributed by atoms with Crippen LogP contribution in [0.5, 0.6) is 17.2 Å². The molecule has 6 N–H and O–H groups in total. The number of piperazine rings is 3. The van der Waals surface area contributed by atoms with E-state index in [2.05, 4.69) is 29.7 Å². The van der Waals surface area contributed by atoms with Crippen molar-refractivity contribution in [3.63, 3.8) is 0 Å². The average Bonchev–Trinajstić information content (AvgIpc) is 1.59. The molecule has 3 saturated heterocycles. The maximum atomic E-state index is 13.1. The number of pyridine rings is 3. The van der Waals surface area contributed by atoms with Gasteiger partial charge in [0.2, 0.25) is 17.7 Å². The molecule has 3 aliphatic heterocycles. The van der Waals surface area contributed by atoms with Gasteiger partial charge in [0.1, 0.15) is 74.7 Å². The normalized spacial score (nSPS) is 15.4. The van der Waals surface area contributed by atoms with E-state index in [9.17, 15) is 49.2 Å². The molecule has 6 aromatic heterocycles. The van der Waals surface area contributed by atoms with E-state index in [0.717, 1.165) is 22.1 Å². The summed E-state index contributed by atoms with van der Waals surface area (Å²) < 4.78 is 33.7. The van der Waals surface area contributed by atoms with Gasteiger partial charge in [-0.1, -0.05) is 72.8 Å². The Bertz CT molecular complexity index is 5130. The number of methoxy groups -OCH3 is 1. The van der Waals surface area contributed by atoms with Gasteiger partial charge in [-0.3, -0.25) is 49.8 Å². The largest absolute Gasteiger partial charge is 0.507 e. The van der Waals surface area contributed by atoms with Crippen LogP contribution in [0.4, 0.5) is 0 Å². The van der Waals surface area contributed by atoms with E-state index in [1.807, 2.05) is 119 Å². The fourth-order valence-electron chi connectivity index (χ4n) is 15.5. The van der Waals surface area contributed by atoms with Gasteiger partial charge in [0, 0.05) is 202 Å². The highest BCUT2D eigenvalue weighted by Crippen LogP contribution is 2.51. The maximum Gasteiger partial charge on any atom is 0.344 e. The number of aliphatic hydroxyl groups is 1. The highest BCUT2D eigenvalue weighted by molar-refractivity contribution is 6.19. The lowest BCUT2D eigenvalue weighted by Crippen LogP contribution is -2.49. The predicted octanol–water partition coefficient (Wildman–Crippen LogP) is 10.7. The van der Waals surface area contributed by atoms with Crippen LogP contribution in [0.2, 0.25) is 0 Å². The number of carbonyl (C=O) groups excluding carboxylic acids is 6. The first-order valence-corrected chi connectivity index (χ1v) is 35.2. The lowest BCUT2D eigenvalue weighted by molar-refractivity contribution is -0.131. The van der Waals surface area contributed by atoms with Crippen molar-refractivity contribution in [2.75, 3.05) is 99.2 Å². The molecule has 0 aliphatic carbocycles. The van der Waals surface area contributed by atoms with E-state index >= 15 is 0 Å². The van der Waals surface area contributed by atoms with E-state index < -0.39 is 42.8 Å². The number of furan rings is 3. The van der Waals surface area contributed by atoms with Crippen LogP contribution < -0.4 is 5.73 Å². The molecule has 6 aromatic carbocycles. The summed E-state index contributed by atoms with van der Waals surface area (Å²) in [6.07, 6.45) is 10.2. The van der Waals surface area contributed by atoms with Crippen LogP contribution in [-0.2, 0) is 28.6 Å². The molecular formula is C81H82N10O16. The van der Waals surface area contributed by atoms with Crippen LogP contribution in [0.15, 0.2) is 160 Å². The quantitative estimate of drug-likeness (QED) is 0.0384. The molecule has 552 valence electrons. The number of aromatic nitrogens is 3. The Morgan fingerprint density at radius 3 is 0.925 bits per heavy atom. The van der Waals surface area contributed by atoms with Crippen molar-refractivity contribution >= 4 is 101 Å². The van der Waals surface area contributed by atoms with E-state index in [0.29, 0.717) is 178 Å². The van der Waals surface area contributed by atoms with Crippen LogP contribution in [0.1, 0.15) is 121 Å². The zero-order valence-corrected chi connectivity index (χ0v) is 60.3. The number of phenolic OH excluding ortho intramolecular Hbond substituents is 3. The summed E-state index contributed by atoms with van der Waals surface area (Å²) in [5.74, 6) is -0.442. The lowest BCUT2D eigenvalue weighted by atomic mass is 9.89. The average molecular weight is 1450 g/mol. The number of carbonyl (C=O) groups is 6. The molecule has 0 saturated carbocycles. The number of amides is 3. The van der Waals surface area contributed by atoms with Crippen LogP contribution in [0.25, 0.3) is 65.2 Å². The minimum atomic E-state index is -0.777. The first kappa shape index (κ1) is 73.5. The fraction of sp³-hybridized carbons (Fsp3) is 0.296. The molecule has 107 heavy (non-hydrogen) atoms. The number of hydrogen-bond acceptors (Lipinski definition) is 23. The molecule has 15 rings (SSSR count). The number of nitrogens with zero attached hydrogens (tertiary/aromatic N) is 9. The van der Waals surface area contributed by atoms with Gasteiger partial charge in [-0.05, 0) is 73.9 Å². The Balaban J connectivity index is 0.000000142. The Morgan fingerprint density at radius 1 is 0.411 bits per heavy atom. The van der Waals surface area contributed by atoms with Crippen LogP contribution in [-0.4, -0.2) is 200 Å². The van der Waals surface area contributed by atoms with Gasteiger partial charge < -0.3 is 62.6 Å². The fourth-order valence-corrected chi connectivity index (χ4v) is 15.5. The van der Waals surface area contributed by atoms with Gasteiger partial charge in [-0.25, -0.2) is 14.4 Å². The SMILES string of the molecule is CC(=O)N1CCN(C(c2ccncc2)c2c(O)c3ccccc3c3oc(C)c(C(=O)OCN)c23)CC1.CC(=O)N1CCN(C(c2ccncc2)c2c(O)c3ccccc3c3oc(C)c(C(=O)OCO)c23)CC1.COC(=O)c1c(C)oc2c1c(C(c1ccncc1)N1CCN(C(C)=O)CC1)c(O)c1ccccc12. The molecule has 0 spiro atoms. The standard InChI is InChI=1S/C27H28N4O5.C27H27N3O6.C27H27N3O5/c1-16-21(27(34)35-15-28)22-23(25(33)19-5-3-4-6-20(19)26(22)36-16)24(18-7-9-29-10-8-18)31-13-11-30(12-14-31)17(2)32;1-16-21(27(34)35-15-31)22-23(25(33)19-5-3-4-6-20(19)26(22)36-16)24(18-7-9-28-10-8-18)30-13-11-29(12-14-30)17(2)32;1-16-21(27(33)34-3)22-23(25(32)19-6-4-5-7-20(19)26(22)35-16)24(18-8-10-28-11-9-18)30-14-12-29(13-15-30)17(2)31/h3-10,24,33H,11-15,28H2,1-2H3;3-10,24,31,33H,11-15H2,1-2H3;4-11,24,32H,12-15H2,1-3H3. The smallest absolute Gasteiger partial charge is 0.344 e. The molecule has 3 fully saturated rings. The molecule has 3 aliphatic rings. The number of aliphatic hydroxyl groups excluding tert-OH is 1. The summed E-state index contributed by atoms with van der Waals surface area (Å²) >= 11 is 0. The number of ether oxygens (including phenoxy) is 3. The molecule has 9 heterocycles. The number of fused-ring (bicyclic) bond motifs is 9. The molecule has 0 radical (unpaired) electrons. The molecular weight excluding hydrogens is 1370 g/mol. The monoisotopic (exact) mass is 1450 g/mol. The number of esters is 3. The van der Waals surface area contributed by atoms with E-state index in [-0.39, 0.29) is 52.8 Å². The Kier molecular flexibility index (Phi) is 21.6. The van der Waals surface area contributed by atoms with E-state index in [1.165, 1.54) is 7.11 Å². The number of hydrogen-bond donors (Lipinski definition) is 5. The van der Waals surface area contributed by atoms with Crippen molar-refractivity contribution in [1.82, 2.24) is 44.4 Å². The van der Waals surface area contributed by atoms with Crippen LogP contribution >= 0.6 is 0 Å². The molecule has 0 bridgehead atoms. The minimum absolute atomic E-state index is 0.0190. The third-order valence-electron chi connectivity index (χ3n) is 20.6. The number of benzene rings is 6. The van der Waals surface area contributed by atoms with Gasteiger partial charge in [0.05, 0.1) is 25.2 Å². The Hall–Kier alpha value is -11.8. The lowest BCUT2D eigenvalue weighted by Gasteiger charge is -2.40. The molecule has 26 nitrogen and oxygen atoms in total. The molecule has 12 aromatic rings.